The molecule has 0 rings (SSSR count). The van der Waals surface area contributed by atoms with Gasteiger partial charge in [-0.1, -0.05) is 83.1 Å². The van der Waals surface area contributed by atoms with Crippen molar-refractivity contribution in [3.63, 3.8) is 0 Å². The van der Waals surface area contributed by atoms with E-state index in [0.717, 1.165) is 32.1 Å². The van der Waals surface area contributed by atoms with Gasteiger partial charge in [0.05, 0.1) is 5.92 Å². The van der Waals surface area contributed by atoms with Crippen molar-refractivity contribution in [2.75, 3.05) is 0 Å². The molecule has 174 valence electrons. The van der Waals surface area contributed by atoms with Crippen LogP contribution in [0.5, 0.6) is 0 Å². The molecule has 0 aliphatic rings. The molecule has 0 aliphatic heterocycles. The summed E-state index contributed by atoms with van der Waals surface area (Å²) < 4.78 is 6.16. The minimum Gasteiger partial charge on any atom is -0.462 e. The van der Waals surface area contributed by atoms with Crippen LogP contribution in [-0.2, 0) is 9.53 Å². The van der Waals surface area contributed by atoms with Crippen molar-refractivity contribution in [1.29, 1.82) is 0 Å². The largest absolute Gasteiger partial charge is 0.462 e. The predicted octanol–water partition coefficient (Wildman–Crippen LogP) is 8.53. The maximum Gasteiger partial charge on any atom is 0.309 e. The Morgan fingerprint density at radius 3 is 1.55 bits per heavy atom. The highest BCUT2D eigenvalue weighted by Crippen LogP contribution is 2.35. The monoisotopic (exact) mass is 410 g/mol. The quantitative estimate of drug-likeness (QED) is 0.301. The van der Waals surface area contributed by atoms with Crippen molar-refractivity contribution in [2.24, 2.45) is 40.4 Å². The van der Waals surface area contributed by atoms with Crippen molar-refractivity contribution in [1.82, 2.24) is 0 Å². The van der Waals surface area contributed by atoms with Crippen LogP contribution in [0.25, 0.3) is 0 Å². The normalized spacial score (nSPS) is 16.4. The number of hydrogen-bond donors (Lipinski definition) is 0. The van der Waals surface area contributed by atoms with Crippen molar-refractivity contribution >= 4 is 5.97 Å². The number of carbonyl (C=O) groups excluding carboxylic acids is 1. The Kier molecular flexibility index (Phi) is 12.1. The SMILES string of the molecule is CC(C)CC(CC(C)C)OC(=O)C(CCC(C)CC(C)(C)C)C(C)CC(C)(C)C. The molecule has 0 spiro atoms. The average Bonchev–Trinajstić information content (AvgIpc) is 2.41. The number of hydrogen-bond acceptors (Lipinski definition) is 2. The van der Waals surface area contributed by atoms with Crippen molar-refractivity contribution < 1.29 is 9.53 Å². The Morgan fingerprint density at radius 1 is 0.724 bits per heavy atom. The maximum atomic E-state index is 13.3. The lowest BCUT2D eigenvalue weighted by atomic mass is 9.76. The summed E-state index contributed by atoms with van der Waals surface area (Å²) in [7, 11) is 0. The van der Waals surface area contributed by atoms with Crippen LogP contribution in [0, 0.1) is 40.4 Å². The van der Waals surface area contributed by atoms with Crippen LogP contribution >= 0.6 is 0 Å². The van der Waals surface area contributed by atoms with Crippen LogP contribution in [0.4, 0.5) is 0 Å². The van der Waals surface area contributed by atoms with Gasteiger partial charge in [0.2, 0.25) is 0 Å². The standard InChI is InChI=1S/C27H54O2/c1-19(2)15-23(16-20(3)4)29-25(28)24(22(6)18-27(10,11)12)14-13-21(5)17-26(7,8)9/h19-24H,13-18H2,1-12H3. The molecule has 0 aromatic carbocycles. The maximum absolute atomic E-state index is 13.3. The third-order valence-corrected chi connectivity index (χ3v) is 5.61. The van der Waals surface area contributed by atoms with Crippen molar-refractivity contribution in [3.05, 3.63) is 0 Å². The first-order valence-electron chi connectivity index (χ1n) is 12.2. The molecule has 3 atom stereocenters. The molecule has 0 heterocycles. The number of rotatable bonds is 12. The number of carbonyl (C=O) groups is 1. The molecular formula is C27H54O2. The van der Waals surface area contributed by atoms with Crippen molar-refractivity contribution in [3.8, 4) is 0 Å². The molecule has 2 nitrogen and oxygen atoms in total. The fraction of sp³-hybridized carbons (Fsp3) is 0.963. The molecule has 0 saturated carbocycles. The zero-order valence-electron chi connectivity index (χ0n) is 22.0. The summed E-state index contributed by atoms with van der Waals surface area (Å²) in [5.41, 5.74) is 0.566. The molecular weight excluding hydrogens is 356 g/mol. The summed E-state index contributed by atoms with van der Waals surface area (Å²) in [5, 5.41) is 0. The van der Waals surface area contributed by atoms with Gasteiger partial charge in [-0.2, -0.15) is 0 Å². The fourth-order valence-corrected chi connectivity index (χ4v) is 4.85. The van der Waals surface area contributed by atoms with E-state index < -0.39 is 0 Å². The highest BCUT2D eigenvalue weighted by molar-refractivity contribution is 5.73. The molecule has 0 N–H and O–H groups in total. The molecule has 0 aliphatic carbocycles. The van der Waals surface area contributed by atoms with Gasteiger partial charge in [-0.05, 0) is 73.0 Å². The Hall–Kier alpha value is -0.530. The minimum atomic E-state index is 0.0125. The summed E-state index contributed by atoms with van der Waals surface area (Å²) in [6.45, 7) is 27.2. The second-order valence-electron chi connectivity index (χ2n) is 13.1. The fourth-order valence-electron chi connectivity index (χ4n) is 4.85. The first kappa shape index (κ1) is 28.5. The van der Waals surface area contributed by atoms with Gasteiger partial charge < -0.3 is 4.74 Å². The Labute approximate surface area is 184 Å². The van der Waals surface area contributed by atoms with Crippen LogP contribution in [0.15, 0.2) is 0 Å². The summed E-state index contributed by atoms with van der Waals surface area (Å²) in [4.78, 5) is 13.3. The Balaban J connectivity index is 5.25. The Morgan fingerprint density at radius 2 is 1.17 bits per heavy atom. The van der Waals surface area contributed by atoms with Gasteiger partial charge in [-0.3, -0.25) is 4.79 Å². The van der Waals surface area contributed by atoms with E-state index in [0.29, 0.717) is 29.1 Å². The van der Waals surface area contributed by atoms with Crippen LogP contribution in [-0.4, -0.2) is 12.1 Å². The highest BCUT2D eigenvalue weighted by Gasteiger charge is 2.32. The summed E-state index contributed by atoms with van der Waals surface area (Å²) in [6, 6.07) is 0. The van der Waals surface area contributed by atoms with Gasteiger partial charge in [0.15, 0.2) is 0 Å². The van der Waals surface area contributed by atoms with Crippen LogP contribution in [0.3, 0.4) is 0 Å². The predicted molar refractivity (Wildman–Crippen MR) is 128 cm³/mol. The van der Waals surface area contributed by atoms with Gasteiger partial charge >= 0.3 is 5.97 Å². The van der Waals surface area contributed by atoms with E-state index in [1.165, 1.54) is 6.42 Å². The summed E-state index contributed by atoms with van der Waals surface area (Å²) in [6.07, 6.45) is 6.29. The molecule has 0 fully saturated rings. The van der Waals surface area contributed by atoms with Gasteiger partial charge in [-0.25, -0.2) is 0 Å². The molecule has 0 amide bonds. The third kappa shape index (κ3) is 15.0. The van der Waals surface area contributed by atoms with Crippen LogP contribution in [0.2, 0.25) is 0 Å². The number of ether oxygens (including phenoxy) is 1. The summed E-state index contributed by atoms with van der Waals surface area (Å²) >= 11 is 0. The summed E-state index contributed by atoms with van der Waals surface area (Å²) in [5.74, 6) is 2.14. The Bertz CT molecular complexity index is 440. The topological polar surface area (TPSA) is 26.3 Å². The molecule has 0 saturated heterocycles. The van der Waals surface area contributed by atoms with Gasteiger partial charge in [0.25, 0.3) is 0 Å². The lowest BCUT2D eigenvalue weighted by Gasteiger charge is -2.32. The van der Waals surface area contributed by atoms with E-state index in [9.17, 15) is 4.79 Å². The van der Waals surface area contributed by atoms with E-state index in [-0.39, 0.29) is 23.4 Å². The van der Waals surface area contributed by atoms with Gasteiger partial charge in [-0.15, -0.1) is 0 Å². The number of esters is 1. The van der Waals surface area contributed by atoms with E-state index in [2.05, 4.69) is 83.1 Å². The lowest BCUT2D eigenvalue weighted by molar-refractivity contribution is -0.158. The minimum absolute atomic E-state index is 0.0125. The van der Waals surface area contributed by atoms with E-state index in [4.69, 9.17) is 4.74 Å². The smallest absolute Gasteiger partial charge is 0.309 e. The second-order valence-corrected chi connectivity index (χ2v) is 13.1. The van der Waals surface area contributed by atoms with Gasteiger partial charge in [0, 0.05) is 0 Å². The average molecular weight is 411 g/mol. The second kappa shape index (κ2) is 12.4. The zero-order valence-corrected chi connectivity index (χ0v) is 22.0. The molecule has 0 aromatic heterocycles. The lowest BCUT2D eigenvalue weighted by Crippen LogP contribution is -2.32. The molecule has 29 heavy (non-hydrogen) atoms. The molecule has 2 heteroatoms. The first-order valence-corrected chi connectivity index (χ1v) is 12.2. The molecule has 0 bridgehead atoms. The highest BCUT2D eigenvalue weighted by atomic mass is 16.5. The molecule has 0 radical (unpaired) electrons. The van der Waals surface area contributed by atoms with Crippen LogP contribution < -0.4 is 0 Å². The molecule has 0 aromatic rings. The van der Waals surface area contributed by atoms with E-state index in [1.54, 1.807) is 0 Å². The van der Waals surface area contributed by atoms with E-state index in [1.807, 2.05) is 0 Å². The zero-order chi connectivity index (χ0) is 23.0. The van der Waals surface area contributed by atoms with Crippen molar-refractivity contribution in [2.45, 2.75) is 128 Å². The first-order chi connectivity index (χ1) is 13.0. The molecule has 3 unspecified atom stereocenters. The third-order valence-electron chi connectivity index (χ3n) is 5.61. The van der Waals surface area contributed by atoms with Gasteiger partial charge in [0.1, 0.15) is 6.10 Å². The van der Waals surface area contributed by atoms with E-state index >= 15 is 0 Å². The van der Waals surface area contributed by atoms with Crippen LogP contribution in [0.1, 0.15) is 122 Å².